The van der Waals surface area contributed by atoms with E-state index in [1.165, 1.54) is 6.92 Å². The molecule has 2 saturated heterocycles. The summed E-state index contributed by atoms with van der Waals surface area (Å²) in [6, 6.07) is 27.5. The van der Waals surface area contributed by atoms with Crippen molar-refractivity contribution in [1.29, 1.82) is 0 Å². The predicted molar refractivity (Wildman–Crippen MR) is 205 cm³/mol. The molecular weight excluding hydrogens is 740 g/mol. The Morgan fingerprint density at radius 2 is 1.26 bits per heavy atom. The van der Waals surface area contributed by atoms with E-state index in [1.807, 2.05) is 91.0 Å². The minimum absolute atomic E-state index is 0.0321. The quantitative estimate of drug-likeness (QED) is 0.0860. The average molecular weight is 797 g/mol. The number of aliphatic hydroxyl groups is 4. The summed E-state index contributed by atoms with van der Waals surface area (Å²) < 4.78 is 42.9. The standard InChI is InChI=1S/C42H56N2O13/c1-28(46)44-34-39(53-25-30-17-9-5-10-18-30)38(57-41-37(49)36(48)35(47)32(23-45)55-41)33(27-51-24-29-15-7-4-8-16-29)56-40(34)52-22-14-3-2-13-21-43-42(50)54-26-31-19-11-6-12-20-31/h4-12,15-20,32-41,45,47-49H,2-3,13-14,21-27H2,1H3,(H,43,50)(H,44,46)/t32-,33-,34-,35+,36+,37-,38-,39-,40-,41+/m1/s1. The molecule has 0 bridgehead atoms. The number of hydrogen-bond donors (Lipinski definition) is 6. The number of aliphatic hydroxyl groups excluding tert-OH is 4. The molecule has 6 N–H and O–H groups in total. The highest BCUT2D eigenvalue weighted by molar-refractivity contribution is 5.73. The van der Waals surface area contributed by atoms with Gasteiger partial charge in [0.05, 0.1) is 26.4 Å². The van der Waals surface area contributed by atoms with E-state index in [0.717, 1.165) is 36.0 Å². The monoisotopic (exact) mass is 796 g/mol. The van der Waals surface area contributed by atoms with E-state index in [0.29, 0.717) is 13.0 Å². The maximum absolute atomic E-state index is 12.7. The number of alkyl carbamates (subject to hydrolysis) is 1. The molecule has 0 unspecified atom stereocenters. The van der Waals surface area contributed by atoms with Crippen LogP contribution in [0.4, 0.5) is 4.79 Å². The van der Waals surface area contributed by atoms with Crippen molar-refractivity contribution in [1.82, 2.24) is 10.6 Å². The van der Waals surface area contributed by atoms with Crippen molar-refractivity contribution in [2.24, 2.45) is 0 Å². The Morgan fingerprint density at radius 1 is 0.667 bits per heavy atom. The summed E-state index contributed by atoms with van der Waals surface area (Å²) in [5.74, 6) is -0.384. The van der Waals surface area contributed by atoms with Crippen molar-refractivity contribution < 1.29 is 63.2 Å². The molecule has 2 aliphatic heterocycles. The molecule has 3 aromatic rings. The molecule has 57 heavy (non-hydrogen) atoms. The van der Waals surface area contributed by atoms with Gasteiger partial charge in [-0.3, -0.25) is 4.79 Å². The second-order valence-electron chi connectivity index (χ2n) is 14.1. The highest BCUT2D eigenvalue weighted by Crippen LogP contribution is 2.32. The van der Waals surface area contributed by atoms with Crippen LogP contribution in [0, 0.1) is 0 Å². The van der Waals surface area contributed by atoms with E-state index in [-0.39, 0.29) is 38.9 Å². The number of amides is 2. The van der Waals surface area contributed by atoms with Crippen LogP contribution >= 0.6 is 0 Å². The molecule has 0 saturated carbocycles. The van der Waals surface area contributed by atoms with Crippen LogP contribution in [0.2, 0.25) is 0 Å². The summed E-state index contributed by atoms with van der Waals surface area (Å²) in [5.41, 5.74) is 2.66. The minimum atomic E-state index is -1.70. The summed E-state index contributed by atoms with van der Waals surface area (Å²) in [6.07, 6.45) is -9.19. The number of nitrogens with one attached hydrogen (secondary N) is 2. The van der Waals surface area contributed by atoms with Gasteiger partial charge in [0.1, 0.15) is 55.4 Å². The van der Waals surface area contributed by atoms with Gasteiger partial charge in [-0.15, -0.1) is 0 Å². The fourth-order valence-electron chi connectivity index (χ4n) is 6.64. The van der Waals surface area contributed by atoms with Crippen molar-refractivity contribution in [2.75, 3.05) is 26.4 Å². The van der Waals surface area contributed by atoms with Gasteiger partial charge in [-0.2, -0.15) is 0 Å². The van der Waals surface area contributed by atoms with Gasteiger partial charge in [-0.05, 0) is 29.5 Å². The lowest BCUT2D eigenvalue weighted by atomic mass is 9.95. The van der Waals surface area contributed by atoms with Gasteiger partial charge in [0.25, 0.3) is 0 Å². The molecule has 2 amide bonds. The van der Waals surface area contributed by atoms with Crippen molar-refractivity contribution >= 4 is 12.0 Å². The van der Waals surface area contributed by atoms with Gasteiger partial charge >= 0.3 is 6.09 Å². The second kappa shape index (κ2) is 23.4. The fraction of sp³-hybridized carbons (Fsp3) is 0.524. The van der Waals surface area contributed by atoms with Gasteiger partial charge in [0.15, 0.2) is 12.6 Å². The molecule has 3 aromatic carbocycles. The van der Waals surface area contributed by atoms with E-state index in [9.17, 15) is 30.0 Å². The number of rotatable bonds is 21. The maximum Gasteiger partial charge on any atom is 0.407 e. The molecule has 0 spiro atoms. The average Bonchev–Trinajstić information content (AvgIpc) is 3.22. The first-order valence-corrected chi connectivity index (χ1v) is 19.5. The number of carbonyl (C=O) groups is 2. The number of benzene rings is 3. The van der Waals surface area contributed by atoms with Crippen molar-refractivity contribution in [3.05, 3.63) is 108 Å². The van der Waals surface area contributed by atoms with Crippen LogP contribution in [0.1, 0.15) is 49.3 Å². The Hall–Kier alpha value is -4.00. The summed E-state index contributed by atoms with van der Waals surface area (Å²) in [7, 11) is 0. The highest BCUT2D eigenvalue weighted by atomic mass is 16.7. The molecule has 5 rings (SSSR count). The second-order valence-corrected chi connectivity index (χ2v) is 14.1. The summed E-state index contributed by atoms with van der Waals surface area (Å²) >= 11 is 0. The Morgan fingerprint density at radius 3 is 1.89 bits per heavy atom. The molecule has 2 aliphatic rings. The zero-order chi connectivity index (χ0) is 40.4. The molecule has 0 aliphatic carbocycles. The van der Waals surface area contributed by atoms with Crippen molar-refractivity contribution in [3.63, 3.8) is 0 Å². The van der Waals surface area contributed by atoms with Crippen LogP contribution in [0.25, 0.3) is 0 Å². The smallest absolute Gasteiger partial charge is 0.407 e. The first-order chi connectivity index (χ1) is 27.7. The largest absolute Gasteiger partial charge is 0.445 e. The molecule has 15 heteroatoms. The molecular formula is C42H56N2O13. The van der Waals surface area contributed by atoms with E-state index in [4.69, 9.17) is 33.2 Å². The summed E-state index contributed by atoms with van der Waals surface area (Å²) in [5, 5.41) is 47.5. The van der Waals surface area contributed by atoms with Crippen LogP contribution < -0.4 is 10.6 Å². The number of carbonyl (C=O) groups excluding carboxylic acids is 2. The molecule has 10 atom stereocenters. The lowest BCUT2D eigenvalue weighted by molar-refractivity contribution is -0.352. The normalized spacial score (nSPS) is 27.4. The lowest BCUT2D eigenvalue weighted by Crippen LogP contribution is -2.68. The van der Waals surface area contributed by atoms with Gasteiger partial charge in [-0.25, -0.2) is 4.79 Å². The predicted octanol–water partition coefficient (Wildman–Crippen LogP) is 2.71. The van der Waals surface area contributed by atoms with Crippen LogP contribution in [0.15, 0.2) is 91.0 Å². The van der Waals surface area contributed by atoms with E-state index in [1.54, 1.807) is 0 Å². The Balaban J connectivity index is 1.26. The molecule has 2 fully saturated rings. The van der Waals surface area contributed by atoms with E-state index in [2.05, 4.69) is 10.6 Å². The van der Waals surface area contributed by atoms with Gasteiger partial charge in [0, 0.05) is 20.1 Å². The third kappa shape index (κ3) is 13.8. The van der Waals surface area contributed by atoms with Crippen LogP contribution in [0.5, 0.6) is 0 Å². The first-order valence-electron chi connectivity index (χ1n) is 19.5. The first kappa shape index (κ1) is 44.1. The Bertz CT molecular complexity index is 1590. The molecule has 312 valence electrons. The van der Waals surface area contributed by atoms with Crippen molar-refractivity contribution in [2.45, 2.75) is 114 Å². The molecule has 0 aromatic heterocycles. The third-order valence-corrected chi connectivity index (χ3v) is 9.67. The number of hydrogen-bond acceptors (Lipinski definition) is 13. The van der Waals surface area contributed by atoms with E-state index >= 15 is 0 Å². The molecule has 2 heterocycles. The molecule has 0 radical (unpaired) electrons. The highest BCUT2D eigenvalue weighted by Gasteiger charge is 2.52. The van der Waals surface area contributed by atoms with Crippen LogP contribution in [0.3, 0.4) is 0 Å². The number of ether oxygens (including phenoxy) is 7. The third-order valence-electron chi connectivity index (χ3n) is 9.67. The van der Waals surface area contributed by atoms with Gasteiger partial charge < -0.3 is 64.2 Å². The summed E-state index contributed by atoms with van der Waals surface area (Å²) in [6.45, 7) is 1.96. The SMILES string of the molecule is CC(=O)N[C@H]1[C@H](OCCCCCCNC(=O)OCc2ccccc2)O[C@H](COCc2ccccc2)[C@@H](O[C@@H]2O[C@H](CO)[C@H](O)[C@H](O)[C@H]2O)[C@@H]1OCc1ccccc1. The fourth-order valence-corrected chi connectivity index (χ4v) is 6.64. The van der Waals surface area contributed by atoms with Crippen LogP contribution in [-0.4, -0.2) is 120 Å². The Kier molecular flexibility index (Phi) is 18.1. The lowest BCUT2D eigenvalue weighted by Gasteiger charge is -2.48. The van der Waals surface area contributed by atoms with Crippen molar-refractivity contribution in [3.8, 4) is 0 Å². The maximum atomic E-state index is 12.7. The number of unbranched alkanes of at least 4 members (excludes halogenated alkanes) is 3. The van der Waals surface area contributed by atoms with Gasteiger partial charge in [-0.1, -0.05) is 104 Å². The van der Waals surface area contributed by atoms with E-state index < -0.39 is 74.0 Å². The topological polar surface area (TPSA) is 204 Å². The molecule has 15 nitrogen and oxygen atoms in total. The van der Waals surface area contributed by atoms with Gasteiger partial charge in [0.2, 0.25) is 5.91 Å². The zero-order valence-electron chi connectivity index (χ0n) is 32.2. The minimum Gasteiger partial charge on any atom is -0.445 e. The Labute approximate surface area is 333 Å². The van der Waals surface area contributed by atoms with Crippen LogP contribution in [-0.2, 0) is 57.8 Å². The summed E-state index contributed by atoms with van der Waals surface area (Å²) in [4.78, 5) is 24.8. The zero-order valence-corrected chi connectivity index (χ0v) is 32.2.